The van der Waals surface area contributed by atoms with Crippen LogP contribution in [0.25, 0.3) is 22.5 Å². The van der Waals surface area contributed by atoms with Gasteiger partial charge in [-0.1, -0.05) is 18.2 Å². The molecule has 1 aromatic carbocycles. The van der Waals surface area contributed by atoms with E-state index < -0.39 is 6.43 Å². The second-order valence-corrected chi connectivity index (χ2v) is 5.98. The molecule has 5 nitrogen and oxygen atoms in total. The molecule has 2 N–H and O–H groups in total. The zero-order valence-corrected chi connectivity index (χ0v) is 15.0. The SMILES string of the molecule is N=C(C=O)c1cc(-c2cccnc2-c2cccc(C(F)F)n2)ccc1NSF. The van der Waals surface area contributed by atoms with Gasteiger partial charge in [0.2, 0.25) is 0 Å². The van der Waals surface area contributed by atoms with E-state index in [1.807, 2.05) is 0 Å². The molecule has 9 heteroatoms. The number of aromatic nitrogens is 2. The maximum Gasteiger partial charge on any atom is 0.280 e. The van der Waals surface area contributed by atoms with Crippen molar-refractivity contribution in [2.24, 2.45) is 0 Å². The molecule has 28 heavy (non-hydrogen) atoms. The first-order valence-corrected chi connectivity index (χ1v) is 8.69. The van der Waals surface area contributed by atoms with Crippen molar-refractivity contribution in [2.45, 2.75) is 6.43 Å². The van der Waals surface area contributed by atoms with Gasteiger partial charge in [-0.05, 0) is 35.9 Å². The van der Waals surface area contributed by atoms with Crippen LogP contribution in [0.15, 0.2) is 54.7 Å². The van der Waals surface area contributed by atoms with Crippen LogP contribution in [-0.4, -0.2) is 22.0 Å². The fourth-order valence-corrected chi connectivity index (χ4v) is 2.94. The van der Waals surface area contributed by atoms with Gasteiger partial charge in [0.15, 0.2) is 18.6 Å². The van der Waals surface area contributed by atoms with Crippen LogP contribution in [0.2, 0.25) is 0 Å². The van der Waals surface area contributed by atoms with Gasteiger partial charge >= 0.3 is 0 Å². The van der Waals surface area contributed by atoms with Crippen LogP contribution >= 0.6 is 12.3 Å². The molecule has 0 spiro atoms. The third-order valence-electron chi connectivity index (χ3n) is 3.93. The fraction of sp³-hybridized carbons (Fsp3) is 0.0526. The Balaban J connectivity index is 2.14. The number of alkyl halides is 2. The van der Waals surface area contributed by atoms with Crippen LogP contribution in [-0.2, 0) is 4.79 Å². The predicted octanol–water partition coefficient (Wildman–Crippen LogP) is 5.26. The number of aldehydes is 1. The molecule has 0 saturated carbocycles. The van der Waals surface area contributed by atoms with E-state index in [4.69, 9.17) is 5.41 Å². The summed E-state index contributed by atoms with van der Waals surface area (Å²) in [6.45, 7) is 0. The van der Waals surface area contributed by atoms with Crippen LogP contribution in [0.1, 0.15) is 17.7 Å². The molecule has 0 aliphatic carbocycles. The van der Waals surface area contributed by atoms with Crippen molar-refractivity contribution >= 4 is 30.0 Å². The van der Waals surface area contributed by atoms with E-state index in [2.05, 4.69) is 14.7 Å². The molecule has 0 bridgehead atoms. The smallest absolute Gasteiger partial charge is 0.280 e. The molecule has 0 saturated heterocycles. The largest absolute Gasteiger partial charge is 0.302 e. The molecule has 0 aliphatic rings. The Morgan fingerprint density at radius 2 is 2.00 bits per heavy atom. The highest BCUT2D eigenvalue weighted by molar-refractivity contribution is 7.95. The second kappa shape index (κ2) is 8.66. The van der Waals surface area contributed by atoms with E-state index in [1.54, 1.807) is 24.3 Å². The van der Waals surface area contributed by atoms with Crippen molar-refractivity contribution < 1.29 is 17.5 Å². The quantitative estimate of drug-likeness (QED) is 0.320. The summed E-state index contributed by atoms with van der Waals surface area (Å²) in [7, 11) is 0. The highest BCUT2D eigenvalue weighted by Crippen LogP contribution is 2.33. The number of carbonyl (C=O) groups excluding carboxylic acids is 1. The van der Waals surface area contributed by atoms with E-state index in [0.717, 1.165) is 0 Å². The lowest BCUT2D eigenvalue weighted by Gasteiger charge is -2.13. The van der Waals surface area contributed by atoms with Gasteiger partial charge < -0.3 is 4.72 Å². The molecule has 0 radical (unpaired) electrons. The predicted molar refractivity (Wildman–Crippen MR) is 103 cm³/mol. The van der Waals surface area contributed by atoms with E-state index >= 15 is 0 Å². The molecule has 0 atom stereocenters. The first-order valence-electron chi connectivity index (χ1n) is 7.97. The summed E-state index contributed by atoms with van der Waals surface area (Å²) < 4.78 is 41.0. The Hall–Kier alpha value is -3.20. The number of pyridine rings is 2. The summed E-state index contributed by atoms with van der Waals surface area (Å²) in [5.74, 6) is 0. The number of anilines is 1. The number of nitrogens with one attached hydrogen (secondary N) is 2. The number of halogens is 3. The summed E-state index contributed by atoms with van der Waals surface area (Å²) >= 11 is -0.153. The lowest BCUT2D eigenvalue weighted by Crippen LogP contribution is -2.04. The van der Waals surface area contributed by atoms with E-state index in [0.29, 0.717) is 23.1 Å². The van der Waals surface area contributed by atoms with Crippen molar-refractivity contribution in [3.63, 3.8) is 0 Å². The third-order valence-corrected chi connectivity index (χ3v) is 4.23. The van der Waals surface area contributed by atoms with Gasteiger partial charge in [0.1, 0.15) is 11.4 Å². The zero-order chi connectivity index (χ0) is 20.1. The van der Waals surface area contributed by atoms with Crippen LogP contribution in [0.5, 0.6) is 0 Å². The minimum Gasteiger partial charge on any atom is -0.302 e. The van der Waals surface area contributed by atoms with Gasteiger partial charge in [-0.15, -0.1) is 3.89 Å². The van der Waals surface area contributed by atoms with Gasteiger partial charge in [-0.3, -0.25) is 15.2 Å². The average molecular weight is 402 g/mol. The molecular weight excluding hydrogens is 389 g/mol. The summed E-state index contributed by atoms with van der Waals surface area (Å²) in [5, 5.41) is 7.80. The zero-order valence-electron chi connectivity index (χ0n) is 14.2. The number of nitrogens with zero attached hydrogens (tertiary/aromatic N) is 2. The van der Waals surface area contributed by atoms with Gasteiger partial charge in [0.25, 0.3) is 6.43 Å². The Bertz CT molecular complexity index is 1030. The average Bonchev–Trinajstić information content (AvgIpc) is 2.73. The van der Waals surface area contributed by atoms with Crippen LogP contribution in [0.4, 0.5) is 18.4 Å². The van der Waals surface area contributed by atoms with E-state index in [1.165, 1.54) is 30.5 Å². The second-order valence-electron chi connectivity index (χ2n) is 5.62. The molecule has 0 fully saturated rings. The third kappa shape index (κ3) is 4.04. The standard InChI is InChI=1S/C19H13F3N4OS/c20-19(21)17-5-1-4-16(25-17)18-12(3-2-8-24-18)11-6-7-15(26-28-22)13(9-11)14(23)10-27/h1-10,19,23,26H. The monoisotopic (exact) mass is 402 g/mol. The number of rotatable bonds is 7. The topological polar surface area (TPSA) is 78.7 Å². The minimum atomic E-state index is -2.71. The summed E-state index contributed by atoms with van der Waals surface area (Å²) in [6.07, 6.45) is -0.847. The Morgan fingerprint density at radius 1 is 1.18 bits per heavy atom. The fourth-order valence-electron chi connectivity index (χ4n) is 2.68. The molecular formula is C19H13F3N4OS. The maximum atomic E-state index is 13.0. The van der Waals surface area contributed by atoms with Crippen molar-refractivity contribution in [3.05, 3.63) is 66.0 Å². The van der Waals surface area contributed by atoms with E-state index in [9.17, 15) is 17.5 Å². The molecule has 142 valence electrons. The van der Waals surface area contributed by atoms with Gasteiger partial charge in [0, 0.05) is 17.3 Å². The first kappa shape index (κ1) is 19.6. The normalized spacial score (nSPS) is 10.7. The van der Waals surface area contributed by atoms with Gasteiger partial charge in [0.05, 0.1) is 17.1 Å². The maximum absolute atomic E-state index is 13.0. The summed E-state index contributed by atoms with van der Waals surface area (Å²) in [6, 6.07) is 12.4. The number of benzene rings is 1. The van der Waals surface area contributed by atoms with Gasteiger partial charge in [-0.25, -0.2) is 13.8 Å². The lowest BCUT2D eigenvalue weighted by molar-refractivity contribution is -0.102. The molecule has 0 aliphatic heterocycles. The Kier molecular flexibility index (Phi) is 6.05. The van der Waals surface area contributed by atoms with Crippen molar-refractivity contribution in [2.75, 3.05) is 4.72 Å². The van der Waals surface area contributed by atoms with Crippen molar-refractivity contribution in [1.29, 1.82) is 5.41 Å². The molecule has 3 rings (SSSR count). The van der Waals surface area contributed by atoms with Crippen molar-refractivity contribution in [1.82, 2.24) is 9.97 Å². The highest BCUT2D eigenvalue weighted by atomic mass is 32.2. The lowest BCUT2D eigenvalue weighted by atomic mass is 9.97. The first-order chi connectivity index (χ1) is 13.5. The van der Waals surface area contributed by atoms with E-state index in [-0.39, 0.29) is 40.7 Å². The summed E-state index contributed by atoms with van der Waals surface area (Å²) in [4.78, 5) is 19.3. The van der Waals surface area contributed by atoms with Crippen molar-refractivity contribution in [3.8, 4) is 22.5 Å². The summed E-state index contributed by atoms with van der Waals surface area (Å²) in [5.41, 5.74) is 1.54. The van der Waals surface area contributed by atoms with Crippen LogP contribution in [0, 0.1) is 5.41 Å². The highest BCUT2D eigenvalue weighted by Gasteiger charge is 2.16. The number of hydrogen-bond acceptors (Lipinski definition) is 6. The van der Waals surface area contributed by atoms with Gasteiger partial charge in [-0.2, -0.15) is 0 Å². The molecule has 0 unspecified atom stereocenters. The molecule has 0 amide bonds. The Morgan fingerprint density at radius 3 is 2.71 bits per heavy atom. The van der Waals surface area contributed by atoms with Crippen LogP contribution in [0.3, 0.4) is 0 Å². The number of carbonyl (C=O) groups is 1. The molecule has 2 aromatic heterocycles. The Labute approximate surface area is 163 Å². The minimum absolute atomic E-state index is 0.153. The molecule has 2 heterocycles. The number of hydrogen-bond donors (Lipinski definition) is 2. The van der Waals surface area contributed by atoms with Crippen LogP contribution < -0.4 is 4.72 Å². The molecule has 3 aromatic rings.